The van der Waals surface area contributed by atoms with E-state index in [1.165, 1.54) is 10.8 Å². The van der Waals surface area contributed by atoms with Crippen molar-refractivity contribution in [1.29, 1.82) is 0 Å². The fourth-order valence-electron chi connectivity index (χ4n) is 5.17. The van der Waals surface area contributed by atoms with Crippen LogP contribution in [0.4, 0.5) is 19.2 Å². The van der Waals surface area contributed by atoms with Crippen molar-refractivity contribution in [1.82, 2.24) is 31.6 Å². The van der Waals surface area contributed by atoms with Gasteiger partial charge >= 0.3 is 24.4 Å². The summed E-state index contributed by atoms with van der Waals surface area (Å²) in [6, 6.07) is 18.4. The zero-order valence-electron chi connectivity index (χ0n) is 40.9. The van der Waals surface area contributed by atoms with E-state index in [2.05, 4.69) is 41.6 Å². The summed E-state index contributed by atoms with van der Waals surface area (Å²) in [4.78, 5) is 76.1. The molecule has 0 aliphatic heterocycles. The van der Waals surface area contributed by atoms with Crippen LogP contribution < -0.4 is 36.1 Å². The Morgan fingerprint density at radius 3 is 1.60 bits per heavy atom. The highest BCUT2D eigenvalue weighted by molar-refractivity contribution is 8.76. The number of aliphatic imine (C=N–C) groups is 2. The molecule has 0 saturated heterocycles. The minimum absolute atomic E-state index is 0.00530. The highest BCUT2D eigenvalue weighted by Gasteiger charge is 2.23. The molecule has 0 spiro atoms. The maximum Gasteiger partial charge on any atom is 0.414 e. The first-order valence-corrected chi connectivity index (χ1v) is 24.1. The Bertz CT molecular complexity index is 2150. The summed E-state index contributed by atoms with van der Waals surface area (Å²) in [7, 11) is 3.05. The number of carbonyl (C=O) groups excluding carboxylic acids is 5. The van der Waals surface area contributed by atoms with Gasteiger partial charge in [-0.25, -0.2) is 34.1 Å². The maximum absolute atomic E-state index is 12.8. The molecule has 5 amide bonds. The van der Waals surface area contributed by atoms with Crippen LogP contribution in [0, 0.1) is 0 Å². The fraction of sp³-hybridized carbons (Fsp3) is 0.489. The number of aromatic nitrogens is 1. The fourth-order valence-corrected chi connectivity index (χ4v) is 7.03. The normalized spacial score (nSPS) is 11.5. The van der Waals surface area contributed by atoms with Gasteiger partial charge in [0.15, 0.2) is 0 Å². The predicted octanol–water partition coefficient (Wildman–Crippen LogP) is 8.76. The van der Waals surface area contributed by atoms with Gasteiger partial charge in [0.05, 0.1) is 13.1 Å². The second kappa shape index (κ2) is 26.4. The molecule has 0 unspecified atom stereocenters. The summed E-state index contributed by atoms with van der Waals surface area (Å²) in [6.07, 6.45) is -1.28. The first-order valence-electron chi connectivity index (χ1n) is 21.8. The summed E-state index contributed by atoms with van der Waals surface area (Å²) in [5.74, 6) is 1.02. The largest absolute Gasteiger partial charge is 0.492 e. The third-order valence-electron chi connectivity index (χ3n) is 7.60. The van der Waals surface area contributed by atoms with E-state index in [-0.39, 0.29) is 50.7 Å². The minimum Gasteiger partial charge on any atom is -0.492 e. The Morgan fingerprint density at radius 1 is 0.603 bits per heavy atom. The second-order valence-electron chi connectivity index (χ2n) is 18.6. The lowest BCUT2D eigenvalue weighted by Crippen LogP contribution is -2.47. The lowest BCUT2D eigenvalue weighted by Gasteiger charge is -2.22. The van der Waals surface area contributed by atoms with Crippen LogP contribution in [0.1, 0.15) is 95.1 Å². The van der Waals surface area contributed by atoms with Crippen LogP contribution in [0.25, 0.3) is 11.1 Å². The maximum atomic E-state index is 12.8. The van der Waals surface area contributed by atoms with Gasteiger partial charge in [0.2, 0.25) is 17.8 Å². The molecule has 21 heteroatoms. The van der Waals surface area contributed by atoms with Crippen molar-refractivity contribution in [3.05, 3.63) is 72.4 Å². The van der Waals surface area contributed by atoms with Gasteiger partial charge in [0.25, 0.3) is 0 Å². The molecule has 0 aliphatic rings. The lowest BCUT2D eigenvalue weighted by molar-refractivity contribution is -0.120. The molecule has 0 aliphatic carbocycles. The molecule has 372 valence electrons. The number of guanidine groups is 2. The molecule has 5 N–H and O–H groups in total. The molecule has 0 radical (unpaired) electrons. The Hall–Kier alpha value is -6.22. The number of rotatable bonds is 16. The van der Waals surface area contributed by atoms with E-state index in [1.54, 1.807) is 118 Å². The number of nitrogens with one attached hydrogen (secondary N) is 5. The molecule has 0 fully saturated rings. The van der Waals surface area contributed by atoms with Gasteiger partial charge in [-0.1, -0.05) is 41.1 Å². The van der Waals surface area contributed by atoms with E-state index >= 15 is 0 Å². The molecular formula is C47H66N8O11S2. The van der Waals surface area contributed by atoms with Crippen LogP contribution in [0.3, 0.4) is 0 Å². The predicted molar refractivity (Wildman–Crippen MR) is 264 cm³/mol. The van der Waals surface area contributed by atoms with Gasteiger partial charge in [-0.15, -0.1) is 0 Å². The van der Waals surface area contributed by atoms with Crippen LogP contribution in [0.15, 0.2) is 81.9 Å². The van der Waals surface area contributed by atoms with Gasteiger partial charge in [0.1, 0.15) is 52.1 Å². The highest BCUT2D eigenvalue weighted by Crippen LogP contribution is 2.33. The number of hydrogen-bond donors (Lipinski definition) is 5. The summed E-state index contributed by atoms with van der Waals surface area (Å²) >= 11 is 0. The van der Waals surface area contributed by atoms with Crippen molar-refractivity contribution in [3.63, 3.8) is 0 Å². The Balaban J connectivity index is 1.82. The third-order valence-corrected chi connectivity index (χ3v) is 9.87. The van der Waals surface area contributed by atoms with Crippen molar-refractivity contribution < 1.29 is 52.4 Å². The van der Waals surface area contributed by atoms with E-state index in [0.717, 1.165) is 16.2 Å². The van der Waals surface area contributed by atoms with E-state index in [0.29, 0.717) is 29.2 Å². The first kappa shape index (κ1) is 56.1. The number of ether oxygens (including phenoxy) is 6. The van der Waals surface area contributed by atoms with Crippen LogP contribution in [-0.2, 0) is 30.3 Å². The monoisotopic (exact) mass is 982 g/mol. The van der Waals surface area contributed by atoms with Crippen LogP contribution in [-0.4, -0.2) is 102 Å². The Morgan fingerprint density at radius 2 is 1.12 bits per heavy atom. The zero-order chi connectivity index (χ0) is 50.5. The van der Waals surface area contributed by atoms with Crippen molar-refractivity contribution in [2.24, 2.45) is 9.98 Å². The van der Waals surface area contributed by atoms with E-state index in [9.17, 15) is 24.0 Å². The summed E-state index contributed by atoms with van der Waals surface area (Å²) < 4.78 is 33.7. The van der Waals surface area contributed by atoms with Gasteiger partial charge < -0.3 is 33.7 Å². The third kappa shape index (κ3) is 25.1. The van der Waals surface area contributed by atoms with Gasteiger partial charge in [-0.05, 0) is 135 Å². The molecule has 2 aromatic carbocycles. The van der Waals surface area contributed by atoms with E-state index in [4.69, 9.17) is 28.4 Å². The van der Waals surface area contributed by atoms with Crippen molar-refractivity contribution in [3.8, 4) is 22.6 Å². The number of amides is 5. The van der Waals surface area contributed by atoms with E-state index < -0.39 is 46.8 Å². The number of carbonyl (C=O) groups is 5. The van der Waals surface area contributed by atoms with Gasteiger partial charge in [-0.2, -0.15) is 0 Å². The Labute approximate surface area is 406 Å². The van der Waals surface area contributed by atoms with E-state index in [1.807, 2.05) is 42.5 Å². The minimum atomic E-state index is -0.833. The molecule has 3 aromatic rings. The SMILES string of the molecule is CC(C)(C)OC(=O)NC(=NCCOc1cccc(-c2ccc(CNC(=O)CCSSc3ccccn3)cc2OCCN=C(NC(=O)OC(C)(C)C)NC(=O)OC(C)(C)C)c1)NC(=O)OC(C)(C)C. The molecule has 1 heterocycles. The Kier molecular flexibility index (Phi) is 21.7. The summed E-state index contributed by atoms with van der Waals surface area (Å²) in [6.45, 7) is 20.7. The number of alkyl carbamates (subject to hydrolysis) is 4. The van der Waals surface area contributed by atoms with Crippen LogP contribution in [0.5, 0.6) is 11.5 Å². The smallest absolute Gasteiger partial charge is 0.414 e. The summed E-state index contributed by atoms with van der Waals surface area (Å²) in [5.41, 5.74) is -1.06. The highest BCUT2D eigenvalue weighted by atomic mass is 33.1. The first-order chi connectivity index (χ1) is 31.7. The number of nitrogens with zero attached hydrogens (tertiary/aromatic N) is 3. The lowest BCUT2D eigenvalue weighted by atomic mass is 10.0. The van der Waals surface area contributed by atoms with Gasteiger partial charge in [-0.3, -0.25) is 26.1 Å². The van der Waals surface area contributed by atoms with Crippen molar-refractivity contribution in [2.45, 2.75) is 123 Å². The summed E-state index contributed by atoms with van der Waals surface area (Å²) in [5, 5.41) is 13.6. The molecule has 0 saturated carbocycles. The number of pyridine rings is 1. The molecule has 3 rings (SSSR count). The molecule has 19 nitrogen and oxygen atoms in total. The molecular weight excluding hydrogens is 917 g/mol. The van der Waals surface area contributed by atoms with Crippen molar-refractivity contribution >= 4 is 63.8 Å². The quantitative estimate of drug-likeness (QED) is 0.0297. The average Bonchev–Trinajstić information content (AvgIpc) is 3.19. The molecule has 0 atom stereocenters. The molecule has 68 heavy (non-hydrogen) atoms. The molecule has 1 aromatic heterocycles. The van der Waals surface area contributed by atoms with Crippen molar-refractivity contribution in [2.75, 3.05) is 32.1 Å². The standard InChI is InChI=1S/C47H66N8O11S2/c1-44(2,3)63-40(57)52-38(53-41(58)64-45(4,5)6)49-23-25-61-33-17-15-16-32(29-33)34-20-19-31(30-51-36(56)21-27-67-68-37-18-13-14-22-48-37)28-35(34)62-26-24-50-39(54-42(59)65-46(7,8)9)55-43(60)66-47(10,11)12/h13-20,22,28-29H,21,23-27,30H2,1-12H3,(H,51,56)(H2,49,52,53,57,58)(H2,50,54,55,59,60). The zero-order valence-corrected chi connectivity index (χ0v) is 42.6. The van der Waals surface area contributed by atoms with Crippen LogP contribution >= 0.6 is 21.6 Å². The molecule has 0 bridgehead atoms. The van der Waals surface area contributed by atoms with Gasteiger partial charge in [0, 0.05) is 30.5 Å². The number of benzene rings is 2. The van der Waals surface area contributed by atoms with Crippen LogP contribution in [0.2, 0.25) is 0 Å². The second-order valence-corrected chi connectivity index (χ2v) is 21.1. The average molecular weight is 983 g/mol. The topological polar surface area (TPSA) is 238 Å². The number of hydrogen-bond acceptors (Lipinski definition) is 16.